The number of rotatable bonds is 56. The van der Waals surface area contributed by atoms with Crippen LogP contribution < -0.4 is 5.32 Å². The van der Waals surface area contributed by atoms with E-state index in [2.05, 4.69) is 67.8 Å². The van der Waals surface area contributed by atoms with Gasteiger partial charge in [-0.25, -0.2) is 4.57 Å². The highest BCUT2D eigenvalue weighted by molar-refractivity contribution is 7.47. The fourth-order valence-corrected chi connectivity index (χ4v) is 9.61. The van der Waals surface area contributed by atoms with Gasteiger partial charge in [0, 0.05) is 6.42 Å². The van der Waals surface area contributed by atoms with Gasteiger partial charge in [0.25, 0.3) is 0 Å². The fraction of sp³-hybridized carbons (Fsp3) is 0.825. The van der Waals surface area contributed by atoms with Gasteiger partial charge in [-0.05, 0) is 70.6 Å². The number of hydrogen-bond donors (Lipinski definition) is 3. The molecule has 0 rings (SSSR count). The molecule has 0 spiro atoms. The van der Waals surface area contributed by atoms with Crippen LogP contribution in [0.15, 0.2) is 60.8 Å². The van der Waals surface area contributed by atoms with Crippen molar-refractivity contribution in [1.82, 2.24) is 5.32 Å². The molecule has 0 aromatic carbocycles. The molecule has 0 aliphatic rings. The van der Waals surface area contributed by atoms with E-state index in [4.69, 9.17) is 9.05 Å². The molecule has 0 heterocycles. The summed E-state index contributed by atoms with van der Waals surface area (Å²) < 4.78 is 23.6. The first-order valence-electron chi connectivity index (χ1n) is 30.7. The van der Waals surface area contributed by atoms with Crippen LogP contribution in [0, 0.1) is 0 Å². The van der Waals surface area contributed by atoms with Crippen molar-refractivity contribution >= 4 is 13.7 Å². The fourth-order valence-electron chi connectivity index (χ4n) is 8.88. The zero-order valence-corrected chi connectivity index (χ0v) is 49.1. The number of allylic oxidation sites excluding steroid dienone is 9. The third-order valence-electron chi connectivity index (χ3n) is 13.7. The average Bonchev–Trinajstić information content (AvgIpc) is 3.34. The summed E-state index contributed by atoms with van der Waals surface area (Å²) in [4.78, 5) is 23.2. The van der Waals surface area contributed by atoms with Crippen LogP contribution in [-0.2, 0) is 18.4 Å². The van der Waals surface area contributed by atoms with E-state index in [9.17, 15) is 19.4 Å². The molecule has 0 fully saturated rings. The van der Waals surface area contributed by atoms with E-state index in [0.29, 0.717) is 17.4 Å². The van der Waals surface area contributed by atoms with Crippen LogP contribution in [0.4, 0.5) is 0 Å². The second-order valence-corrected chi connectivity index (χ2v) is 23.5. The molecule has 1 amide bonds. The Morgan fingerprint density at radius 1 is 0.472 bits per heavy atom. The number of aliphatic hydroxyl groups is 1. The Hall–Kier alpha value is -1.80. The number of carbonyl (C=O) groups is 1. The summed E-state index contributed by atoms with van der Waals surface area (Å²) in [6.07, 6.45) is 73.8. The van der Waals surface area contributed by atoms with Crippen molar-refractivity contribution in [2.24, 2.45) is 0 Å². The SMILES string of the molecule is CCC/C=C/CC/C=C/CC/C=C/C(O)C(COP(=O)(O)OCC[N+](C)(C)C)NC(=O)CCCCCCCCCCCCCCCCCCCCCCCCCCCCC/C=C\C/C=C\CCCCCCC. The van der Waals surface area contributed by atoms with Gasteiger partial charge in [0.2, 0.25) is 5.91 Å². The summed E-state index contributed by atoms with van der Waals surface area (Å²) in [7, 11) is 1.55. The summed E-state index contributed by atoms with van der Waals surface area (Å²) in [6, 6.07) is -0.868. The molecule has 3 unspecified atom stereocenters. The van der Waals surface area contributed by atoms with E-state index in [1.807, 2.05) is 27.2 Å². The number of unbranched alkanes of at least 4 members (excludes halogenated alkanes) is 35. The number of amides is 1. The average molecular weight is 1030 g/mol. The Bertz CT molecular complexity index is 1360. The van der Waals surface area contributed by atoms with Crippen LogP contribution in [-0.4, -0.2) is 73.4 Å². The van der Waals surface area contributed by atoms with E-state index in [0.717, 1.165) is 57.8 Å². The van der Waals surface area contributed by atoms with Gasteiger partial charge in [-0.3, -0.25) is 13.8 Å². The number of aliphatic hydroxyl groups excluding tert-OH is 1. The molecule has 0 aliphatic carbocycles. The number of nitrogens with zero attached hydrogens (tertiary/aromatic N) is 1. The zero-order valence-electron chi connectivity index (χ0n) is 48.2. The van der Waals surface area contributed by atoms with Crippen molar-refractivity contribution in [2.45, 2.75) is 296 Å². The van der Waals surface area contributed by atoms with E-state index >= 15 is 0 Å². The van der Waals surface area contributed by atoms with Crippen molar-refractivity contribution in [3.05, 3.63) is 60.8 Å². The molecule has 9 heteroatoms. The molecule has 8 nitrogen and oxygen atoms in total. The molecule has 0 aromatic heterocycles. The minimum Gasteiger partial charge on any atom is -0.387 e. The standard InChI is InChI=1S/C63H119N2O6P/c1-6-8-10-12-14-16-18-19-20-21-22-23-24-25-26-27-28-29-30-31-32-33-34-35-36-37-38-39-40-41-42-43-44-45-47-49-51-53-55-57-63(67)64-61(60-71-72(68,69)70-59-58-65(3,4)5)62(66)56-54-52-50-48-46-17-15-13-11-9-7-2/h11,13,18-19,21-22,46,48,54,56,61-62,66H,6-10,12,14-17,20,23-45,47,49-53,55,57-60H2,1-5H3,(H-,64,67,68,69)/p+1/b13-11+,19-18-,22-21-,48-46+,56-54+. The largest absolute Gasteiger partial charge is 0.472 e. The highest BCUT2D eigenvalue weighted by atomic mass is 31.2. The molecular weight excluding hydrogens is 912 g/mol. The number of phosphoric acid groups is 1. The second kappa shape index (κ2) is 54.0. The van der Waals surface area contributed by atoms with Crippen molar-refractivity contribution in [3.8, 4) is 0 Å². The number of carbonyl (C=O) groups excluding carboxylic acids is 1. The van der Waals surface area contributed by atoms with Crippen molar-refractivity contribution < 1.29 is 32.9 Å². The lowest BCUT2D eigenvalue weighted by molar-refractivity contribution is -0.870. The first-order chi connectivity index (χ1) is 35.0. The van der Waals surface area contributed by atoms with Crippen molar-refractivity contribution in [1.29, 1.82) is 0 Å². The summed E-state index contributed by atoms with van der Waals surface area (Å²) in [5.74, 6) is -0.190. The Labute approximate surface area is 447 Å². The van der Waals surface area contributed by atoms with Gasteiger partial charge < -0.3 is 19.8 Å². The van der Waals surface area contributed by atoms with E-state index in [-0.39, 0.29) is 19.1 Å². The van der Waals surface area contributed by atoms with Crippen LogP contribution in [0.3, 0.4) is 0 Å². The van der Waals surface area contributed by atoms with Gasteiger partial charge in [-0.2, -0.15) is 0 Å². The third kappa shape index (κ3) is 55.9. The maximum Gasteiger partial charge on any atom is 0.472 e. The summed E-state index contributed by atoms with van der Waals surface area (Å²) in [5.41, 5.74) is 0. The lowest BCUT2D eigenvalue weighted by atomic mass is 10.0. The molecule has 422 valence electrons. The minimum atomic E-state index is -4.35. The predicted molar refractivity (Wildman–Crippen MR) is 314 cm³/mol. The number of likely N-dealkylation sites (N-methyl/N-ethyl adjacent to an activating group) is 1. The quantitative estimate of drug-likeness (QED) is 0.0243. The molecule has 3 atom stereocenters. The molecule has 0 bridgehead atoms. The first kappa shape index (κ1) is 70.2. The monoisotopic (exact) mass is 1030 g/mol. The van der Waals surface area contributed by atoms with Gasteiger partial charge in [-0.1, -0.05) is 267 Å². The smallest absolute Gasteiger partial charge is 0.387 e. The minimum absolute atomic E-state index is 0.0534. The number of phosphoric ester groups is 1. The van der Waals surface area contributed by atoms with Gasteiger partial charge in [0.05, 0.1) is 39.9 Å². The highest BCUT2D eigenvalue weighted by Crippen LogP contribution is 2.43. The van der Waals surface area contributed by atoms with Crippen LogP contribution in [0.5, 0.6) is 0 Å². The number of quaternary nitrogens is 1. The molecule has 0 aliphatic heterocycles. The van der Waals surface area contributed by atoms with Gasteiger partial charge >= 0.3 is 7.82 Å². The normalized spacial score (nSPS) is 14.3. The van der Waals surface area contributed by atoms with E-state index in [1.165, 1.54) is 205 Å². The van der Waals surface area contributed by atoms with Crippen LogP contribution in [0.2, 0.25) is 0 Å². The lowest BCUT2D eigenvalue weighted by Crippen LogP contribution is -2.45. The first-order valence-corrected chi connectivity index (χ1v) is 32.2. The van der Waals surface area contributed by atoms with Crippen LogP contribution in [0.25, 0.3) is 0 Å². The van der Waals surface area contributed by atoms with E-state index in [1.54, 1.807) is 6.08 Å². The van der Waals surface area contributed by atoms with Gasteiger partial charge in [-0.15, -0.1) is 0 Å². The number of hydrogen-bond acceptors (Lipinski definition) is 5. The summed E-state index contributed by atoms with van der Waals surface area (Å²) in [6.45, 7) is 4.71. The molecule has 0 saturated heterocycles. The zero-order chi connectivity index (χ0) is 52.7. The molecular formula is C63H120N2O6P+. The Morgan fingerprint density at radius 2 is 0.833 bits per heavy atom. The molecule has 0 aromatic rings. The van der Waals surface area contributed by atoms with Crippen molar-refractivity contribution in [2.75, 3.05) is 40.9 Å². The van der Waals surface area contributed by atoms with Gasteiger partial charge in [0.1, 0.15) is 13.2 Å². The summed E-state index contributed by atoms with van der Waals surface area (Å²) in [5, 5.41) is 13.8. The predicted octanol–water partition coefficient (Wildman–Crippen LogP) is 18.9. The summed E-state index contributed by atoms with van der Waals surface area (Å²) >= 11 is 0. The Balaban J connectivity index is 3.85. The molecule has 3 N–H and O–H groups in total. The van der Waals surface area contributed by atoms with E-state index < -0.39 is 20.0 Å². The Morgan fingerprint density at radius 3 is 1.24 bits per heavy atom. The Kier molecular flexibility index (Phi) is 52.7. The highest BCUT2D eigenvalue weighted by Gasteiger charge is 2.27. The lowest BCUT2D eigenvalue weighted by Gasteiger charge is -2.25. The molecule has 72 heavy (non-hydrogen) atoms. The van der Waals surface area contributed by atoms with Gasteiger partial charge in [0.15, 0.2) is 0 Å². The topological polar surface area (TPSA) is 105 Å². The second-order valence-electron chi connectivity index (χ2n) is 22.1. The maximum absolute atomic E-state index is 12.9. The van der Waals surface area contributed by atoms with Crippen LogP contribution >= 0.6 is 7.82 Å². The molecule has 0 saturated carbocycles. The third-order valence-corrected chi connectivity index (χ3v) is 14.7. The van der Waals surface area contributed by atoms with Crippen molar-refractivity contribution in [3.63, 3.8) is 0 Å². The van der Waals surface area contributed by atoms with Crippen LogP contribution in [0.1, 0.15) is 284 Å². The molecule has 0 radical (unpaired) electrons. The number of nitrogens with one attached hydrogen (secondary N) is 1. The maximum atomic E-state index is 12.9.